The first-order valence-electron chi connectivity index (χ1n) is 6.10. The van der Waals surface area contributed by atoms with Crippen molar-refractivity contribution in [2.75, 3.05) is 13.7 Å². The summed E-state index contributed by atoms with van der Waals surface area (Å²) in [5.74, 6) is 0.271. The third-order valence-corrected chi connectivity index (χ3v) is 3.32. The molecule has 1 rings (SSSR count). The van der Waals surface area contributed by atoms with E-state index in [1.807, 2.05) is 0 Å². The van der Waals surface area contributed by atoms with Crippen molar-refractivity contribution in [3.05, 3.63) is 0 Å². The smallest absolute Gasteiger partial charge is 0.237 e. The lowest BCUT2D eigenvalue weighted by atomic mass is 9.79. The number of primary amides is 1. The Morgan fingerprint density at radius 2 is 2.31 bits per heavy atom. The van der Waals surface area contributed by atoms with Gasteiger partial charge < -0.3 is 15.8 Å². The lowest BCUT2D eigenvalue weighted by molar-refractivity contribution is -0.128. The van der Waals surface area contributed by atoms with Gasteiger partial charge in [-0.05, 0) is 32.2 Å². The van der Waals surface area contributed by atoms with Crippen molar-refractivity contribution < 1.29 is 9.53 Å². The zero-order valence-electron chi connectivity index (χ0n) is 10.6. The molecule has 2 unspecified atom stereocenters. The quantitative estimate of drug-likeness (QED) is 0.739. The Morgan fingerprint density at radius 1 is 1.62 bits per heavy atom. The molecule has 1 aliphatic rings. The average Bonchev–Trinajstić information content (AvgIpc) is 2.26. The molecule has 0 bridgehead atoms. The Morgan fingerprint density at radius 3 is 2.81 bits per heavy atom. The van der Waals surface area contributed by atoms with E-state index < -0.39 is 5.54 Å². The van der Waals surface area contributed by atoms with Crippen LogP contribution in [0.5, 0.6) is 0 Å². The zero-order valence-corrected chi connectivity index (χ0v) is 10.6. The maximum absolute atomic E-state index is 11.5. The molecule has 0 aromatic carbocycles. The van der Waals surface area contributed by atoms with Gasteiger partial charge in [0.2, 0.25) is 5.91 Å². The summed E-state index contributed by atoms with van der Waals surface area (Å²) in [6.07, 6.45) is 3.71. The Hall–Kier alpha value is -0.610. The highest BCUT2D eigenvalue weighted by molar-refractivity contribution is 5.84. The van der Waals surface area contributed by atoms with Crippen LogP contribution >= 0.6 is 0 Å². The minimum Gasteiger partial charge on any atom is -0.378 e. The third-order valence-electron chi connectivity index (χ3n) is 3.32. The molecule has 0 heterocycles. The van der Waals surface area contributed by atoms with Crippen LogP contribution in [0.3, 0.4) is 0 Å². The molecule has 4 nitrogen and oxygen atoms in total. The summed E-state index contributed by atoms with van der Waals surface area (Å²) in [4.78, 5) is 11.5. The van der Waals surface area contributed by atoms with Crippen LogP contribution in [-0.2, 0) is 9.53 Å². The predicted octanol–water partition coefficient (Wildman–Crippen LogP) is 1.05. The second-order valence-corrected chi connectivity index (χ2v) is 5.14. The number of ether oxygens (including phenoxy) is 1. The molecule has 16 heavy (non-hydrogen) atoms. The number of nitrogens with one attached hydrogen (secondary N) is 1. The number of hydrogen-bond acceptors (Lipinski definition) is 3. The van der Waals surface area contributed by atoms with Crippen molar-refractivity contribution in [2.24, 2.45) is 11.7 Å². The summed E-state index contributed by atoms with van der Waals surface area (Å²) < 4.78 is 5.80. The van der Waals surface area contributed by atoms with E-state index >= 15 is 0 Å². The highest BCUT2D eigenvalue weighted by atomic mass is 16.5. The van der Waals surface area contributed by atoms with Gasteiger partial charge in [-0.1, -0.05) is 13.8 Å². The molecule has 1 fully saturated rings. The molecular formula is C12H24N2O2. The minimum absolute atomic E-state index is 0.163. The molecule has 0 aromatic rings. The van der Waals surface area contributed by atoms with Gasteiger partial charge in [-0.3, -0.25) is 4.79 Å². The molecule has 1 saturated carbocycles. The molecule has 94 valence electrons. The SMILES string of the molecule is CNC1(C(N)=O)CCCC(OCC(C)C)C1. The molecule has 0 aromatic heterocycles. The van der Waals surface area contributed by atoms with Crippen molar-refractivity contribution in [1.29, 1.82) is 0 Å². The molecule has 0 radical (unpaired) electrons. The maximum atomic E-state index is 11.5. The Labute approximate surface area is 97.9 Å². The lowest BCUT2D eigenvalue weighted by Gasteiger charge is -2.38. The van der Waals surface area contributed by atoms with E-state index in [9.17, 15) is 4.79 Å². The van der Waals surface area contributed by atoms with Crippen molar-refractivity contribution in [1.82, 2.24) is 5.32 Å². The lowest BCUT2D eigenvalue weighted by Crippen LogP contribution is -2.57. The van der Waals surface area contributed by atoms with E-state index in [0.717, 1.165) is 25.9 Å². The van der Waals surface area contributed by atoms with E-state index in [1.54, 1.807) is 7.05 Å². The first-order valence-corrected chi connectivity index (χ1v) is 6.10. The Bertz CT molecular complexity index is 243. The Kier molecular flexibility index (Phi) is 4.74. The molecule has 0 saturated heterocycles. The van der Waals surface area contributed by atoms with Crippen molar-refractivity contribution in [3.63, 3.8) is 0 Å². The number of rotatable bonds is 5. The normalized spacial score (nSPS) is 30.6. The molecule has 4 heteroatoms. The van der Waals surface area contributed by atoms with Gasteiger partial charge in [0.05, 0.1) is 11.6 Å². The minimum atomic E-state index is -0.556. The number of amides is 1. The standard InChI is InChI=1S/C12H24N2O2/c1-9(2)8-16-10-5-4-6-12(7-10,14-3)11(13)15/h9-10,14H,4-8H2,1-3H3,(H2,13,15). The van der Waals surface area contributed by atoms with Gasteiger partial charge >= 0.3 is 0 Å². The molecule has 3 N–H and O–H groups in total. The maximum Gasteiger partial charge on any atom is 0.237 e. The predicted molar refractivity (Wildman–Crippen MR) is 64.0 cm³/mol. The van der Waals surface area contributed by atoms with E-state index in [-0.39, 0.29) is 12.0 Å². The summed E-state index contributed by atoms with van der Waals surface area (Å²) in [7, 11) is 1.80. The van der Waals surface area contributed by atoms with Gasteiger partial charge in [-0.25, -0.2) is 0 Å². The molecule has 0 spiro atoms. The number of hydrogen-bond donors (Lipinski definition) is 2. The summed E-state index contributed by atoms with van der Waals surface area (Å²) in [5.41, 5.74) is 4.92. The van der Waals surface area contributed by atoms with Gasteiger partial charge in [-0.2, -0.15) is 0 Å². The first kappa shape index (κ1) is 13.5. The van der Waals surface area contributed by atoms with Gasteiger partial charge in [0.1, 0.15) is 0 Å². The highest BCUT2D eigenvalue weighted by Gasteiger charge is 2.40. The van der Waals surface area contributed by atoms with Crippen LogP contribution < -0.4 is 11.1 Å². The van der Waals surface area contributed by atoms with Crippen LogP contribution in [0.2, 0.25) is 0 Å². The van der Waals surface area contributed by atoms with Crippen LogP contribution in [0.25, 0.3) is 0 Å². The number of carbonyl (C=O) groups excluding carboxylic acids is 1. The topological polar surface area (TPSA) is 64.3 Å². The molecular weight excluding hydrogens is 204 g/mol. The molecule has 0 aliphatic heterocycles. The zero-order chi connectivity index (χ0) is 12.2. The van der Waals surface area contributed by atoms with Gasteiger partial charge in [0, 0.05) is 13.0 Å². The van der Waals surface area contributed by atoms with E-state index in [1.165, 1.54) is 0 Å². The largest absolute Gasteiger partial charge is 0.378 e. The fourth-order valence-electron chi connectivity index (χ4n) is 2.27. The van der Waals surface area contributed by atoms with Crippen molar-refractivity contribution >= 4 is 5.91 Å². The molecule has 1 amide bonds. The van der Waals surface area contributed by atoms with Crippen LogP contribution in [-0.4, -0.2) is 31.2 Å². The van der Waals surface area contributed by atoms with E-state index in [2.05, 4.69) is 19.2 Å². The summed E-state index contributed by atoms with van der Waals surface area (Å²) >= 11 is 0. The third kappa shape index (κ3) is 3.19. The molecule has 1 aliphatic carbocycles. The van der Waals surface area contributed by atoms with Gasteiger partial charge in [0.15, 0.2) is 0 Å². The van der Waals surface area contributed by atoms with Crippen LogP contribution in [0.15, 0.2) is 0 Å². The fraction of sp³-hybridized carbons (Fsp3) is 0.917. The summed E-state index contributed by atoms with van der Waals surface area (Å²) in [6, 6.07) is 0. The van der Waals surface area contributed by atoms with E-state index in [0.29, 0.717) is 12.3 Å². The Balaban J connectivity index is 2.54. The van der Waals surface area contributed by atoms with E-state index in [4.69, 9.17) is 10.5 Å². The fourth-order valence-corrected chi connectivity index (χ4v) is 2.27. The summed E-state index contributed by atoms with van der Waals surface area (Å²) in [6.45, 7) is 5.01. The average molecular weight is 228 g/mol. The molecule has 2 atom stereocenters. The second kappa shape index (κ2) is 5.64. The monoisotopic (exact) mass is 228 g/mol. The van der Waals surface area contributed by atoms with Crippen LogP contribution in [0.1, 0.15) is 39.5 Å². The number of carbonyl (C=O) groups is 1. The van der Waals surface area contributed by atoms with Crippen LogP contribution in [0, 0.1) is 5.92 Å². The number of likely N-dealkylation sites (N-methyl/N-ethyl adjacent to an activating group) is 1. The second-order valence-electron chi connectivity index (χ2n) is 5.14. The summed E-state index contributed by atoms with van der Waals surface area (Å²) in [5, 5.41) is 3.08. The van der Waals surface area contributed by atoms with Crippen LogP contribution in [0.4, 0.5) is 0 Å². The number of nitrogens with two attached hydrogens (primary N) is 1. The highest BCUT2D eigenvalue weighted by Crippen LogP contribution is 2.30. The first-order chi connectivity index (χ1) is 7.50. The van der Waals surface area contributed by atoms with Crippen molar-refractivity contribution in [2.45, 2.75) is 51.2 Å². The van der Waals surface area contributed by atoms with Gasteiger partial charge in [-0.15, -0.1) is 0 Å². The van der Waals surface area contributed by atoms with Crippen molar-refractivity contribution in [3.8, 4) is 0 Å². The van der Waals surface area contributed by atoms with Gasteiger partial charge in [0.25, 0.3) is 0 Å².